The lowest BCUT2D eigenvalue weighted by Gasteiger charge is -2.06. The molecule has 0 unspecified atom stereocenters. The summed E-state index contributed by atoms with van der Waals surface area (Å²) in [5.41, 5.74) is 2.91. The Labute approximate surface area is 162 Å². The minimum atomic E-state index is -0.191. The summed E-state index contributed by atoms with van der Waals surface area (Å²) in [6, 6.07) is 13.2. The molecule has 1 amide bonds. The Bertz CT molecular complexity index is 903. The molecule has 0 aliphatic rings. The van der Waals surface area contributed by atoms with Crippen molar-refractivity contribution >= 4 is 35.2 Å². The third-order valence-electron chi connectivity index (χ3n) is 3.79. The number of benzene rings is 2. The molecular formula is C20H17Cl2N3O. The second kappa shape index (κ2) is 8.70. The maximum atomic E-state index is 12.0. The van der Waals surface area contributed by atoms with Crippen LogP contribution in [0.3, 0.4) is 0 Å². The number of hydrogen-bond donors (Lipinski definition) is 1. The van der Waals surface area contributed by atoms with Gasteiger partial charge in [-0.15, -0.1) is 0 Å². The van der Waals surface area contributed by atoms with Gasteiger partial charge in [0, 0.05) is 41.6 Å². The number of amides is 1. The highest BCUT2D eigenvalue weighted by atomic mass is 35.5. The quantitative estimate of drug-likeness (QED) is 0.631. The van der Waals surface area contributed by atoms with Crippen LogP contribution in [0.1, 0.15) is 16.7 Å². The van der Waals surface area contributed by atoms with Gasteiger partial charge in [-0.1, -0.05) is 47.5 Å². The lowest BCUT2D eigenvalue weighted by Crippen LogP contribution is -2.20. The van der Waals surface area contributed by atoms with Crippen molar-refractivity contribution in [3.8, 4) is 0 Å². The Balaban J connectivity index is 1.52. The number of aromatic nitrogens is 2. The van der Waals surface area contributed by atoms with Gasteiger partial charge in [0.1, 0.15) is 0 Å². The maximum absolute atomic E-state index is 12.0. The van der Waals surface area contributed by atoms with Crippen LogP contribution < -0.4 is 5.32 Å². The SMILES string of the molecule is O=C(/C=C/c1cc(Cl)ccc1Cl)NCc1ccc(Cn2ccnc2)cc1. The molecule has 0 aliphatic carbocycles. The molecule has 1 N–H and O–H groups in total. The van der Waals surface area contributed by atoms with Crippen LogP contribution in [0.15, 0.2) is 67.3 Å². The highest BCUT2D eigenvalue weighted by molar-refractivity contribution is 6.34. The summed E-state index contributed by atoms with van der Waals surface area (Å²) in [6.45, 7) is 1.23. The van der Waals surface area contributed by atoms with Crippen molar-refractivity contribution < 1.29 is 4.79 Å². The lowest BCUT2D eigenvalue weighted by atomic mass is 10.1. The summed E-state index contributed by atoms with van der Waals surface area (Å²) >= 11 is 12.0. The van der Waals surface area contributed by atoms with Gasteiger partial charge in [-0.25, -0.2) is 4.98 Å². The van der Waals surface area contributed by atoms with Crippen LogP contribution in [0, 0.1) is 0 Å². The first-order valence-electron chi connectivity index (χ1n) is 8.05. The van der Waals surface area contributed by atoms with Crippen molar-refractivity contribution in [1.82, 2.24) is 14.9 Å². The van der Waals surface area contributed by atoms with Crippen LogP contribution in [0.5, 0.6) is 0 Å². The van der Waals surface area contributed by atoms with Gasteiger partial charge in [-0.2, -0.15) is 0 Å². The number of halogens is 2. The number of nitrogens with zero attached hydrogens (tertiary/aromatic N) is 2. The average molecular weight is 386 g/mol. The van der Waals surface area contributed by atoms with Crippen LogP contribution in [-0.2, 0) is 17.9 Å². The molecule has 3 rings (SSSR count). The van der Waals surface area contributed by atoms with E-state index in [1.807, 2.05) is 35.0 Å². The summed E-state index contributed by atoms with van der Waals surface area (Å²) < 4.78 is 2.00. The minimum Gasteiger partial charge on any atom is -0.348 e. The maximum Gasteiger partial charge on any atom is 0.244 e. The van der Waals surface area contributed by atoms with E-state index in [1.54, 1.807) is 36.8 Å². The molecule has 132 valence electrons. The molecule has 0 saturated carbocycles. The van der Waals surface area contributed by atoms with Crippen molar-refractivity contribution in [2.24, 2.45) is 0 Å². The first-order chi connectivity index (χ1) is 12.6. The van der Waals surface area contributed by atoms with Gasteiger partial charge in [0.15, 0.2) is 0 Å². The molecule has 0 spiro atoms. The Morgan fingerprint density at radius 3 is 2.62 bits per heavy atom. The third kappa shape index (κ3) is 5.22. The van der Waals surface area contributed by atoms with Crippen molar-refractivity contribution in [2.75, 3.05) is 0 Å². The van der Waals surface area contributed by atoms with Crippen molar-refractivity contribution in [2.45, 2.75) is 13.1 Å². The van der Waals surface area contributed by atoms with Crippen LogP contribution in [0.4, 0.5) is 0 Å². The fourth-order valence-electron chi connectivity index (χ4n) is 2.41. The third-order valence-corrected chi connectivity index (χ3v) is 4.37. The van der Waals surface area contributed by atoms with E-state index in [0.717, 1.165) is 12.1 Å². The average Bonchev–Trinajstić information content (AvgIpc) is 3.15. The Kier molecular flexibility index (Phi) is 6.10. The molecule has 4 nitrogen and oxygen atoms in total. The predicted octanol–water partition coefficient (Wildman–Crippen LogP) is 4.57. The van der Waals surface area contributed by atoms with Gasteiger partial charge in [0.2, 0.25) is 5.91 Å². The fourth-order valence-corrected chi connectivity index (χ4v) is 2.77. The zero-order valence-corrected chi connectivity index (χ0v) is 15.4. The van der Waals surface area contributed by atoms with Crippen molar-refractivity contribution in [3.05, 3.63) is 94.0 Å². The molecule has 26 heavy (non-hydrogen) atoms. The molecule has 0 radical (unpaired) electrons. The Morgan fingerprint density at radius 2 is 1.88 bits per heavy atom. The van der Waals surface area contributed by atoms with Gasteiger partial charge in [0.25, 0.3) is 0 Å². The molecule has 0 saturated heterocycles. The first kappa shape index (κ1) is 18.2. The van der Waals surface area contributed by atoms with Crippen molar-refractivity contribution in [1.29, 1.82) is 0 Å². The van der Waals surface area contributed by atoms with E-state index >= 15 is 0 Å². The molecule has 3 aromatic rings. The van der Waals surface area contributed by atoms with Crippen LogP contribution >= 0.6 is 23.2 Å². The smallest absolute Gasteiger partial charge is 0.244 e. The highest BCUT2D eigenvalue weighted by Gasteiger charge is 2.01. The number of carbonyl (C=O) groups is 1. The number of carbonyl (C=O) groups excluding carboxylic acids is 1. The number of hydrogen-bond acceptors (Lipinski definition) is 2. The molecular weight excluding hydrogens is 369 g/mol. The summed E-state index contributed by atoms with van der Waals surface area (Å²) in [4.78, 5) is 16.0. The van der Waals surface area contributed by atoms with Crippen molar-refractivity contribution in [3.63, 3.8) is 0 Å². The second-order valence-corrected chi connectivity index (χ2v) is 6.61. The summed E-state index contributed by atoms with van der Waals surface area (Å²) in [6.07, 6.45) is 8.57. The van der Waals surface area contributed by atoms with E-state index < -0.39 is 0 Å². The molecule has 6 heteroatoms. The number of imidazole rings is 1. The van der Waals surface area contributed by atoms with Gasteiger partial charge in [0.05, 0.1) is 6.33 Å². The van der Waals surface area contributed by atoms with E-state index in [0.29, 0.717) is 22.2 Å². The van der Waals surface area contributed by atoms with E-state index in [1.165, 1.54) is 11.6 Å². The molecule has 0 atom stereocenters. The fraction of sp³-hybridized carbons (Fsp3) is 0.100. The second-order valence-electron chi connectivity index (χ2n) is 5.77. The molecule has 0 aliphatic heterocycles. The van der Waals surface area contributed by atoms with E-state index in [4.69, 9.17) is 23.2 Å². The van der Waals surface area contributed by atoms with E-state index in [-0.39, 0.29) is 5.91 Å². The zero-order chi connectivity index (χ0) is 18.4. The molecule has 0 bridgehead atoms. The molecule has 1 heterocycles. The predicted molar refractivity (Wildman–Crippen MR) is 105 cm³/mol. The lowest BCUT2D eigenvalue weighted by molar-refractivity contribution is -0.116. The Morgan fingerprint density at radius 1 is 1.12 bits per heavy atom. The van der Waals surface area contributed by atoms with Gasteiger partial charge >= 0.3 is 0 Å². The molecule has 2 aromatic carbocycles. The van der Waals surface area contributed by atoms with Gasteiger partial charge in [-0.3, -0.25) is 4.79 Å². The standard InChI is InChI=1S/C20H17Cl2N3O/c21-18-6-7-19(22)17(11-18)5-8-20(26)24-12-15-1-3-16(4-2-15)13-25-10-9-23-14-25/h1-11,14H,12-13H2,(H,24,26)/b8-5+. The summed E-state index contributed by atoms with van der Waals surface area (Å²) in [5, 5.41) is 3.97. The normalized spacial score (nSPS) is 11.0. The van der Waals surface area contributed by atoms with Crippen LogP contribution in [0.25, 0.3) is 6.08 Å². The molecule has 1 aromatic heterocycles. The summed E-state index contributed by atoms with van der Waals surface area (Å²) in [5.74, 6) is -0.191. The highest BCUT2D eigenvalue weighted by Crippen LogP contribution is 2.21. The van der Waals surface area contributed by atoms with E-state index in [9.17, 15) is 4.79 Å². The zero-order valence-electron chi connectivity index (χ0n) is 13.9. The topological polar surface area (TPSA) is 46.9 Å². The Hall–Kier alpha value is -2.56. The van der Waals surface area contributed by atoms with Gasteiger partial charge < -0.3 is 9.88 Å². The first-order valence-corrected chi connectivity index (χ1v) is 8.80. The van der Waals surface area contributed by atoms with Crippen LogP contribution in [-0.4, -0.2) is 15.5 Å². The van der Waals surface area contributed by atoms with Crippen LogP contribution in [0.2, 0.25) is 10.0 Å². The largest absolute Gasteiger partial charge is 0.348 e. The summed E-state index contributed by atoms with van der Waals surface area (Å²) in [7, 11) is 0. The minimum absolute atomic E-state index is 0.191. The number of rotatable bonds is 6. The van der Waals surface area contributed by atoms with Gasteiger partial charge in [-0.05, 0) is 41.0 Å². The monoisotopic (exact) mass is 385 g/mol. The van der Waals surface area contributed by atoms with E-state index in [2.05, 4.69) is 10.3 Å². The number of nitrogens with one attached hydrogen (secondary N) is 1. The molecule has 0 fully saturated rings.